The molecular weight excluding hydrogens is 350 g/mol. The Labute approximate surface area is 143 Å². The number of nitrogens with one attached hydrogen (secondary N) is 2. The SMILES string of the molecule is COc1ccc(S(=O)(=O)Nc2cccc([N+](=O)[O-])c2)cc1NC(C)=O. The molecule has 0 aliphatic heterocycles. The molecule has 0 bridgehead atoms. The Bertz CT molecular complexity index is 927. The lowest BCUT2D eigenvalue weighted by Crippen LogP contribution is -2.14. The van der Waals surface area contributed by atoms with Crippen LogP contribution in [0.4, 0.5) is 17.1 Å². The summed E-state index contributed by atoms with van der Waals surface area (Å²) in [7, 11) is -2.63. The van der Waals surface area contributed by atoms with Crippen LogP contribution >= 0.6 is 0 Å². The van der Waals surface area contributed by atoms with E-state index in [-0.39, 0.29) is 27.9 Å². The van der Waals surface area contributed by atoms with E-state index in [4.69, 9.17) is 4.74 Å². The highest BCUT2D eigenvalue weighted by atomic mass is 32.2. The molecule has 10 heteroatoms. The van der Waals surface area contributed by atoms with E-state index in [9.17, 15) is 23.3 Å². The fraction of sp³-hybridized carbons (Fsp3) is 0.133. The molecule has 0 fully saturated rings. The molecule has 0 aliphatic carbocycles. The maximum Gasteiger partial charge on any atom is 0.271 e. The van der Waals surface area contributed by atoms with Gasteiger partial charge >= 0.3 is 0 Å². The molecule has 0 radical (unpaired) electrons. The number of carbonyl (C=O) groups excluding carboxylic acids is 1. The molecule has 1 amide bonds. The zero-order valence-corrected chi connectivity index (χ0v) is 14.2. The molecule has 132 valence electrons. The average Bonchev–Trinajstić information content (AvgIpc) is 2.54. The van der Waals surface area contributed by atoms with E-state index < -0.39 is 14.9 Å². The molecule has 0 saturated carbocycles. The summed E-state index contributed by atoms with van der Waals surface area (Å²) in [5.41, 5.74) is -0.00289. The summed E-state index contributed by atoms with van der Waals surface area (Å²) in [6, 6.07) is 9.04. The van der Waals surface area contributed by atoms with E-state index in [1.54, 1.807) is 0 Å². The number of hydrogen-bond acceptors (Lipinski definition) is 6. The first-order valence-electron chi connectivity index (χ1n) is 6.96. The minimum Gasteiger partial charge on any atom is -0.495 e. The van der Waals surface area contributed by atoms with Crippen molar-refractivity contribution in [2.24, 2.45) is 0 Å². The average molecular weight is 365 g/mol. The fourth-order valence-electron chi connectivity index (χ4n) is 2.04. The van der Waals surface area contributed by atoms with Crippen molar-refractivity contribution in [1.82, 2.24) is 0 Å². The van der Waals surface area contributed by atoms with Gasteiger partial charge in [0.1, 0.15) is 5.75 Å². The second-order valence-corrected chi connectivity index (χ2v) is 6.64. The second-order valence-electron chi connectivity index (χ2n) is 4.96. The van der Waals surface area contributed by atoms with Crippen LogP contribution in [0.2, 0.25) is 0 Å². The highest BCUT2D eigenvalue weighted by Crippen LogP contribution is 2.29. The number of methoxy groups -OCH3 is 1. The molecule has 0 saturated heterocycles. The van der Waals surface area contributed by atoms with Gasteiger partial charge in [0.25, 0.3) is 15.7 Å². The topological polar surface area (TPSA) is 128 Å². The predicted octanol–water partition coefficient (Wildman–Crippen LogP) is 2.36. The van der Waals surface area contributed by atoms with Gasteiger partial charge in [0.05, 0.1) is 28.3 Å². The van der Waals surface area contributed by atoms with E-state index in [1.807, 2.05) is 0 Å². The molecule has 2 aromatic carbocycles. The minimum atomic E-state index is -4.02. The quantitative estimate of drug-likeness (QED) is 0.597. The monoisotopic (exact) mass is 365 g/mol. The summed E-state index contributed by atoms with van der Waals surface area (Å²) >= 11 is 0. The number of ether oxygens (including phenoxy) is 1. The zero-order valence-electron chi connectivity index (χ0n) is 13.3. The second kappa shape index (κ2) is 7.18. The van der Waals surface area contributed by atoms with Crippen molar-refractivity contribution in [3.05, 3.63) is 52.6 Å². The Kier molecular flexibility index (Phi) is 5.22. The van der Waals surface area contributed by atoms with Crippen LogP contribution in [0.1, 0.15) is 6.92 Å². The molecule has 2 aromatic rings. The van der Waals surface area contributed by atoms with Crippen molar-refractivity contribution in [2.45, 2.75) is 11.8 Å². The number of nitro benzene ring substituents is 1. The van der Waals surface area contributed by atoms with Crippen LogP contribution in [-0.2, 0) is 14.8 Å². The van der Waals surface area contributed by atoms with Crippen molar-refractivity contribution < 1.29 is 22.9 Å². The first-order chi connectivity index (χ1) is 11.7. The summed E-state index contributed by atoms with van der Waals surface area (Å²) in [5.74, 6) is -0.0935. The number of sulfonamides is 1. The third-order valence-electron chi connectivity index (χ3n) is 3.10. The van der Waals surface area contributed by atoms with E-state index >= 15 is 0 Å². The lowest BCUT2D eigenvalue weighted by atomic mass is 10.3. The van der Waals surface area contributed by atoms with Crippen LogP contribution in [0.3, 0.4) is 0 Å². The number of anilines is 2. The Morgan fingerprint density at radius 1 is 1.20 bits per heavy atom. The molecule has 0 heterocycles. The largest absolute Gasteiger partial charge is 0.495 e. The molecule has 2 rings (SSSR count). The van der Waals surface area contributed by atoms with E-state index in [0.29, 0.717) is 5.75 Å². The first-order valence-corrected chi connectivity index (χ1v) is 8.44. The number of nitro groups is 1. The van der Waals surface area contributed by atoms with Crippen molar-refractivity contribution in [1.29, 1.82) is 0 Å². The van der Waals surface area contributed by atoms with Gasteiger partial charge in [-0.1, -0.05) is 6.07 Å². The molecule has 9 nitrogen and oxygen atoms in total. The van der Waals surface area contributed by atoms with Crippen molar-refractivity contribution in [3.8, 4) is 5.75 Å². The third-order valence-corrected chi connectivity index (χ3v) is 4.48. The van der Waals surface area contributed by atoms with Crippen LogP contribution in [-0.4, -0.2) is 26.4 Å². The summed E-state index contributed by atoms with van der Waals surface area (Å²) in [6.07, 6.45) is 0. The van der Waals surface area contributed by atoms with Gasteiger partial charge in [-0.25, -0.2) is 8.42 Å². The van der Waals surface area contributed by atoms with Crippen LogP contribution < -0.4 is 14.8 Å². The van der Waals surface area contributed by atoms with Crippen LogP contribution in [0.15, 0.2) is 47.4 Å². The molecule has 0 aromatic heterocycles. The molecule has 0 unspecified atom stereocenters. The van der Waals surface area contributed by atoms with E-state index in [1.165, 1.54) is 50.4 Å². The van der Waals surface area contributed by atoms with Gasteiger partial charge in [0, 0.05) is 19.1 Å². The molecule has 0 atom stereocenters. The van der Waals surface area contributed by atoms with Crippen molar-refractivity contribution >= 4 is 33.0 Å². The molecule has 0 spiro atoms. The highest BCUT2D eigenvalue weighted by Gasteiger charge is 2.18. The zero-order chi connectivity index (χ0) is 18.6. The summed E-state index contributed by atoms with van der Waals surface area (Å²) in [5, 5.41) is 13.3. The summed E-state index contributed by atoms with van der Waals surface area (Å²) in [4.78, 5) is 21.3. The standard InChI is InChI=1S/C15H15N3O6S/c1-10(19)16-14-9-13(6-7-15(14)24-2)25(22,23)17-11-4-3-5-12(8-11)18(20)21/h3-9,17H,1-2H3,(H,16,19). The highest BCUT2D eigenvalue weighted by molar-refractivity contribution is 7.92. The summed E-state index contributed by atoms with van der Waals surface area (Å²) < 4.78 is 32.3. The van der Waals surface area contributed by atoms with Crippen molar-refractivity contribution in [3.63, 3.8) is 0 Å². The van der Waals surface area contributed by atoms with E-state index in [2.05, 4.69) is 10.0 Å². The maximum atomic E-state index is 12.5. The number of nitrogens with zero attached hydrogens (tertiary/aromatic N) is 1. The molecular formula is C15H15N3O6S. The van der Waals surface area contributed by atoms with Gasteiger partial charge < -0.3 is 10.1 Å². The van der Waals surface area contributed by atoms with E-state index in [0.717, 1.165) is 6.07 Å². The van der Waals surface area contributed by atoms with Gasteiger partial charge in [-0.15, -0.1) is 0 Å². The lowest BCUT2D eigenvalue weighted by Gasteiger charge is -2.12. The van der Waals surface area contributed by atoms with Gasteiger partial charge in [0.2, 0.25) is 5.91 Å². The van der Waals surface area contributed by atoms with Crippen molar-refractivity contribution in [2.75, 3.05) is 17.1 Å². The van der Waals surface area contributed by atoms with Gasteiger partial charge in [-0.2, -0.15) is 0 Å². The normalized spacial score (nSPS) is 10.8. The smallest absolute Gasteiger partial charge is 0.271 e. The number of rotatable bonds is 6. The van der Waals surface area contributed by atoms with Gasteiger partial charge in [-0.3, -0.25) is 19.6 Å². The number of benzene rings is 2. The number of non-ortho nitro benzene ring substituents is 1. The first kappa shape index (κ1) is 18.2. The minimum absolute atomic E-state index is 0.0473. The lowest BCUT2D eigenvalue weighted by molar-refractivity contribution is -0.384. The fourth-order valence-corrected chi connectivity index (χ4v) is 3.11. The maximum absolute atomic E-state index is 12.5. The summed E-state index contributed by atoms with van der Waals surface area (Å²) in [6.45, 7) is 1.28. The molecule has 2 N–H and O–H groups in total. The van der Waals surface area contributed by atoms with Crippen LogP contribution in [0, 0.1) is 10.1 Å². The third kappa shape index (κ3) is 4.44. The predicted molar refractivity (Wildman–Crippen MR) is 91.2 cm³/mol. The van der Waals surface area contributed by atoms with Gasteiger partial charge in [-0.05, 0) is 24.3 Å². The Morgan fingerprint density at radius 3 is 2.52 bits per heavy atom. The Hall–Kier alpha value is -3.14. The number of carbonyl (C=O) groups is 1. The Morgan fingerprint density at radius 2 is 1.92 bits per heavy atom. The Balaban J connectivity index is 2.37. The number of amides is 1. The van der Waals surface area contributed by atoms with Crippen LogP contribution in [0.25, 0.3) is 0 Å². The molecule has 25 heavy (non-hydrogen) atoms. The van der Waals surface area contributed by atoms with Gasteiger partial charge in [0.15, 0.2) is 0 Å². The number of hydrogen-bond donors (Lipinski definition) is 2. The van der Waals surface area contributed by atoms with Crippen LogP contribution in [0.5, 0.6) is 5.75 Å². The molecule has 0 aliphatic rings.